The SMILES string of the molecule is COc1ccc(C2(C)NCCCC2(F)F)cc1.Cl. The number of alkyl halides is 2. The fourth-order valence-electron chi connectivity index (χ4n) is 2.27. The normalized spacial score (nSPS) is 26.2. The molecule has 1 unspecified atom stereocenters. The standard InChI is InChI=1S/C13H17F2NO.ClH/c1-12(13(14,15)8-3-9-16-12)10-4-6-11(17-2)7-5-10;/h4-7,16H,3,8-9H2,1-2H3;1H. The Balaban J connectivity index is 0.00000162. The minimum atomic E-state index is -2.72. The van der Waals surface area contributed by atoms with Crippen LogP contribution in [0.5, 0.6) is 5.75 Å². The van der Waals surface area contributed by atoms with Crippen LogP contribution >= 0.6 is 12.4 Å². The van der Waals surface area contributed by atoms with E-state index in [1.807, 2.05) is 0 Å². The van der Waals surface area contributed by atoms with Gasteiger partial charge in [-0.1, -0.05) is 12.1 Å². The highest BCUT2D eigenvalue weighted by Crippen LogP contribution is 2.43. The lowest BCUT2D eigenvalue weighted by atomic mass is 9.80. The van der Waals surface area contributed by atoms with E-state index >= 15 is 0 Å². The quantitative estimate of drug-likeness (QED) is 0.895. The Morgan fingerprint density at radius 1 is 1.22 bits per heavy atom. The second-order valence-corrected chi connectivity index (χ2v) is 4.59. The van der Waals surface area contributed by atoms with Crippen LogP contribution in [0.15, 0.2) is 24.3 Å². The molecule has 1 saturated heterocycles. The third kappa shape index (κ3) is 2.45. The van der Waals surface area contributed by atoms with Crippen molar-refractivity contribution in [3.05, 3.63) is 29.8 Å². The number of benzene rings is 1. The van der Waals surface area contributed by atoms with Crippen LogP contribution in [0, 0.1) is 0 Å². The number of nitrogens with one attached hydrogen (secondary N) is 1. The van der Waals surface area contributed by atoms with E-state index < -0.39 is 11.5 Å². The van der Waals surface area contributed by atoms with Gasteiger partial charge in [-0.3, -0.25) is 0 Å². The summed E-state index contributed by atoms with van der Waals surface area (Å²) in [4.78, 5) is 0. The lowest BCUT2D eigenvalue weighted by Gasteiger charge is -2.42. The van der Waals surface area contributed by atoms with Crippen molar-refractivity contribution in [2.75, 3.05) is 13.7 Å². The number of ether oxygens (including phenoxy) is 1. The molecule has 0 radical (unpaired) electrons. The first-order chi connectivity index (χ1) is 7.99. The average Bonchev–Trinajstić information content (AvgIpc) is 2.33. The largest absolute Gasteiger partial charge is 0.497 e. The maximum Gasteiger partial charge on any atom is 0.269 e. The summed E-state index contributed by atoms with van der Waals surface area (Å²) in [6.07, 6.45) is 0.446. The average molecular weight is 278 g/mol. The minimum absolute atomic E-state index is 0. The number of hydrogen-bond acceptors (Lipinski definition) is 2. The Kier molecular flexibility index (Phi) is 4.56. The van der Waals surface area contributed by atoms with Crippen molar-refractivity contribution < 1.29 is 13.5 Å². The molecule has 1 heterocycles. The molecule has 2 nitrogen and oxygen atoms in total. The highest BCUT2D eigenvalue weighted by atomic mass is 35.5. The fourth-order valence-corrected chi connectivity index (χ4v) is 2.27. The van der Waals surface area contributed by atoms with Gasteiger partial charge in [0.25, 0.3) is 5.92 Å². The molecule has 1 aromatic carbocycles. The van der Waals surface area contributed by atoms with Crippen LogP contribution in [0.4, 0.5) is 8.78 Å². The second kappa shape index (κ2) is 5.41. The Bertz CT molecular complexity index is 396. The topological polar surface area (TPSA) is 21.3 Å². The van der Waals surface area contributed by atoms with E-state index in [4.69, 9.17) is 4.74 Å². The van der Waals surface area contributed by atoms with Crippen molar-refractivity contribution in [3.8, 4) is 5.75 Å². The number of rotatable bonds is 2. The summed E-state index contributed by atoms with van der Waals surface area (Å²) in [6.45, 7) is 2.19. The first kappa shape index (κ1) is 15.2. The molecule has 1 N–H and O–H groups in total. The minimum Gasteiger partial charge on any atom is -0.497 e. The molecule has 0 bridgehead atoms. The summed E-state index contributed by atoms with van der Waals surface area (Å²) in [5, 5.41) is 2.95. The monoisotopic (exact) mass is 277 g/mol. The van der Waals surface area contributed by atoms with Gasteiger partial charge < -0.3 is 10.1 Å². The highest BCUT2D eigenvalue weighted by molar-refractivity contribution is 5.85. The molecule has 1 fully saturated rings. The summed E-state index contributed by atoms with van der Waals surface area (Å²) in [7, 11) is 1.56. The van der Waals surface area contributed by atoms with Gasteiger partial charge in [-0.2, -0.15) is 0 Å². The molecular formula is C13H18ClF2NO. The summed E-state index contributed by atoms with van der Waals surface area (Å²) in [5.74, 6) is -2.05. The second-order valence-electron chi connectivity index (χ2n) is 4.59. The zero-order valence-electron chi connectivity index (χ0n) is 10.5. The predicted octanol–water partition coefficient (Wildman–Crippen LogP) is 3.35. The Morgan fingerprint density at radius 2 is 1.83 bits per heavy atom. The van der Waals surface area contributed by atoms with E-state index in [0.29, 0.717) is 24.3 Å². The molecule has 5 heteroatoms. The van der Waals surface area contributed by atoms with Crippen LogP contribution in [0.3, 0.4) is 0 Å². The molecule has 18 heavy (non-hydrogen) atoms. The van der Waals surface area contributed by atoms with Gasteiger partial charge in [-0.15, -0.1) is 12.4 Å². The number of methoxy groups -OCH3 is 1. The van der Waals surface area contributed by atoms with Gasteiger partial charge in [0, 0.05) is 6.42 Å². The van der Waals surface area contributed by atoms with Crippen LogP contribution < -0.4 is 10.1 Å². The number of piperidine rings is 1. The van der Waals surface area contributed by atoms with Gasteiger partial charge in [0.2, 0.25) is 0 Å². The van der Waals surface area contributed by atoms with E-state index in [2.05, 4.69) is 5.32 Å². The summed E-state index contributed by atoms with van der Waals surface area (Å²) in [6, 6.07) is 6.83. The van der Waals surface area contributed by atoms with Crippen LogP contribution in [0.1, 0.15) is 25.3 Å². The lowest BCUT2D eigenvalue weighted by Crippen LogP contribution is -2.57. The third-order valence-corrected chi connectivity index (χ3v) is 3.54. The first-order valence-electron chi connectivity index (χ1n) is 5.77. The van der Waals surface area contributed by atoms with E-state index in [1.54, 1.807) is 38.3 Å². The Labute approximate surface area is 112 Å². The summed E-state index contributed by atoms with van der Waals surface area (Å²) >= 11 is 0. The molecule has 0 aliphatic carbocycles. The molecule has 1 aliphatic rings. The first-order valence-corrected chi connectivity index (χ1v) is 5.77. The molecular weight excluding hydrogens is 260 g/mol. The molecule has 0 saturated carbocycles. The van der Waals surface area contributed by atoms with Crippen molar-refractivity contribution in [1.82, 2.24) is 5.32 Å². The smallest absolute Gasteiger partial charge is 0.269 e. The molecule has 0 spiro atoms. The van der Waals surface area contributed by atoms with Crippen molar-refractivity contribution in [1.29, 1.82) is 0 Å². The predicted molar refractivity (Wildman–Crippen MR) is 69.8 cm³/mol. The van der Waals surface area contributed by atoms with Crippen molar-refractivity contribution in [3.63, 3.8) is 0 Å². The fraction of sp³-hybridized carbons (Fsp3) is 0.538. The number of hydrogen-bond donors (Lipinski definition) is 1. The molecule has 0 amide bonds. The van der Waals surface area contributed by atoms with Gasteiger partial charge in [0.15, 0.2) is 0 Å². The Hall–Kier alpha value is -0.870. The van der Waals surface area contributed by atoms with E-state index in [0.717, 1.165) is 0 Å². The number of halogens is 3. The third-order valence-electron chi connectivity index (χ3n) is 3.54. The van der Waals surface area contributed by atoms with Crippen LogP contribution in [0.2, 0.25) is 0 Å². The van der Waals surface area contributed by atoms with Gasteiger partial charge in [0.1, 0.15) is 11.3 Å². The summed E-state index contributed by atoms with van der Waals surface area (Å²) < 4.78 is 33.1. The van der Waals surface area contributed by atoms with Crippen LogP contribution in [-0.4, -0.2) is 19.6 Å². The maximum absolute atomic E-state index is 14.0. The van der Waals surface area contributed by atoms with Crippen molar-refractivity contribution >= 4 is 12.4 Å². The zero-order chi connectivity index (χ0) is 12.5. The maximum atomic E-state index is 14.0. The summed E-state index contributed by atoms with van der Waals surface area (Å²) in [5.41, 5.74) is -0.680. The van der Waals surface area contributed by atoms with E-state index in [9.17, 15) is 8.78 Å². The molecule has 0 aromatic heterocycles. The van der Waals surface area contributed by atoms with Gasteiger partial charge in [0.05, 0.1) is 7.11 Å². The molecule has 102 valence electrons. The molecule has 1 aromatic rings. The molecule has 1 aliphatic heterocycles. The van der Waals surface area contributed by atoms with E-state index in [1.165, 1.54) is 0 Å². The van der Waals surface area contributed by atoms with Crippen molar-refractivity contribution in [2.45, 2.75) is 31.2 Å². The van der Waals surface area contributed by atoms with Crippen LogP contribution in [-0.2, 0) is 5.54 Å². The lowest BCUT2D eigenvalue weighted by molar-refractivity contribution is -0.110. The van der Waals surface area contributed by atoms with E-state index in [-0.39, 0.29) is 18.8 Å². The van der Waals surface area contributed by atoms with Gasteiger partial charge in [-0.05, 0) is 37.6 Å². The van der Waals surface area contributed by atoms with Gasteiger partial charge in [-0.25, -0.2) is 8.78 Å². The molecule has 2 rings (SSSR count). The van der Waals surface area contributed by atoms with Gasteiger partial charge >= 0.3 is 0 Å². The van der Waals surface area contributed by atoms with Crippen molar-refractivity contribution in [2.24, 2.45) is 0 Å². The molecule has 1 atom stereocenters. The van der Waals surface area contributed by atoms with Crippen LogP contribution in [0.25, 0.3) is 0 Å². The zero-order valence-corrected chi connectivity index (χ0v) is 11.3. The highest BCUT2D eigenvalue weighted by Gasteiger charge is 2.52. The Morgan fingerprint density at radius 3 is 2.33 bits per heavy atom.